The third kappa shape index (κ3) is 4.15. The average Bonchev–Trinajstić information content (AvgIpc) is 2.45. The van der Waals surface area contributed by atoms with E-state index in [4.69, 9.17) is 37.3 Å². The molecule has 1 rings (SSSR count). The molecule has 0 aliphatic carbocycles. The van der Waals surface area contributed by atoms with Crippen molar-refractivity contribution in [3.05, 3.63) is 28.8 Å². The van der Waals surface area contributed by atoms with Crippen LogP contribution < -0.4 is 4.74 Å². The highest BCUT2D eigenvalue weighted by molar-refractivity contribution is 6.61. The molecule has 0 aromatic heterocycles. The Morgan fingerprint density at radius 3 is 2.00 bits per heavy atom. The van der Waals surface area contributed by atoms with Crippen molar-refractivity contribution in [1.82, 2.24) is 0 Å². The molecule has 114 valence electrons. The predicted molar refractivity (Wildman–Crippen MR) is 86.5 cm³/mol. The van der Waals surface area contributed by atoms with Gasteiger partial charge in [-0.2, -0.15) is 0 Å². The fourth-order valence-electron chi connectivity index (χ4n) is 2.29. The molecule has 1 aromatic carbocycles. The van der Waals surface area contributed by atoms with Crippen LogP contribution in [-0.2, 0) is 19.7 Å². The van der Waals surface area contributed by atoms with Gasteiger partial charge in [0.1, 0.15) is 5.75 Å². The van der Waals surface area contributed by atoms with Gasteiger partial charge in [0.05, 0.1) is 31.5 Å². The lowest BCUT2D eigenvalue weighted by Crippen LogP contribution is -2.42. The Hall–Kier alpha value is -2.68. The summed E-state index contributed by atoms with van der Waals surface area (Å²) in [6.45, 7) is 3.99. The Bertz CT molecular complexity index is 606. The van der Waals surface area contributed by atoms with Crippen LogP contribution in [0.1, 0.15) is 16.7 Å². The lowest BCUT2D eigenvalue weighted by atomic mass is 10.0. The second kappa shape index (κ2) is 7.93. The van der Waals surface area contributed by atoms with Crippen molar-refractivity contribution in [2.75, 3.05) is 7.11 Å². The van der Waals surface area contributed by atoms with Gasteiger partial charge >= 0.3 is 8.80 Å². The molecule has 0 atom stereocenters. The minimum atomic E-state index is -3.31. The Morgan fingerprint density at radius 2 is 1.55 bits per heavy atom. The van der Waals surface area contributed by atoms with E-state index in [1.54, 1.807) is 7.11 Å². The molecule has 0 aliphatic rings. The quantitative estimate of drug-likeness (QED) is 0.573. The molecule has 0 spiro atoms. The number of benzene rings is 1. The van der Waals surface area contributed by atoms with E-state index in [0.29, 0.717) is 12.5 Å². The fourth-order valence-corrected chi connectivity index (χ4v) is 3.84. The van der Waals surface area contributed by atoms with Crippen molar-refractivity contribution in [1.29, 1.82) is 0 Å². The van der Waals surface area contributed by atoms with E-state index in [0.717, 1.165) is 22.4 Å². The second-order valence-electron chi connectivity index (χ2n) is 4.62. The molecular weight excluding hydrogens is 296 g/mol. The zero-order chi connectivity index (χ0) is 16.6. The van der Waals surface area contributed by atoms with E-state index in [9.17, 15) is 0 Å². The first-order valence-electron chi connectivity index (χ1n) is 6.56. The van der Waals surface area contributed by atoms with Crippen LogP contribution in [-0.4, -0.2) is 15.9 Å². The third-order valence-electron chi connectivity index (χ3n) is 3.04. The van der Waals surface area contributed by atoms with Crippen molar-refractivity contribution in [3.63, 3.8) is 0 Å². The lowest BCUT2D eigenvalue weighted by Gasteiger charge is -2.21. The van der Waals surface area contributed by atoms with Gasteiger partial charge in [-0.3, -0.25) is 0 Å². The van der Waals surface area contributed by atoms with E-state index in [1.165, 1.54) is 0 Å². The smallest absolute Gasteiger partial charge is 0.496 e. The maximum atomic E-state index is 5.45. The monoisotopic (exact) mass is 314 g/mol. The van der Waals surface area contributed by atoms with E-state index in [-0.39, 0.29) is 0 Å². The third-order valence-corrected chi connectivity index (χ3v) is 5.19. The Kier molecular flexibility index (Phi) is 6.26. The standard InChI is InChI=1S/C17H18O4Si/c1-7-19-22(20-8-2,21-9-3)11-10-16-13-14(4)12-15(5)17(16)18-6/h1-3,12-13H,10-11H2,4-6H3. The first-order valence-corrected chi connectivity index (χ1v) is 8.50. The van der Waals surface area contributed by atoms with Crippen LogP contribution in [0.25, 0.3) is 0 Å². The lowest BCUT2D eigenvalue weighted by molar-refractivity contribution is 0.212. The molecule has 5 heteroatoms. The van der Waals surface area contributed by atoms with Crippen LogP contribution in [0.5, 0.6) is 5.75 Å². The molecule has 0 aliphatic heterocycles. The number of terminal acetylenes is 3. The van der Waals surface area contributed by atoms with Crippen LogP contribution in [0.4, 0.5) is 0 Å². The summed E-state index contributed by atoms with van der Waals surface area (Å²) in [5.41, 5.74) is 3.14. The topological polar surface area (TPSA) is 36.9 Å². The summed E-state index contributed by atoms with van der Waals surface area (Å²) < 4.78 is 20.9. The van der Waals surface area contributed by atoms with Crippen molar-refractivity contribution in [2.45, 2.75) is 26.3 Å². The van der Waals surface area contributed by atoms with Crippen LogP contribution in [0, 0.1) is 51.4 Å². The van der Waals surface area contributed by atoms with E-state index >= 15 is 0 Å². The average molecular weight is 314 g/mol. The number of aryl methyl sites for hydroxylation is 3. The number of hydrogen-bond acceptors (Lipinski definition) is 4. The Morgan fingerprint density at radius 1 is 1.00 bits per heavy atom. The number of rotatable bonds is 7. The van der Waals surface area contributed by atoms with Gasteiger partial charge in [0.25, 0.3) is 0 Å². The molecule has 1 aromatic rings. The maximum absolute atomic E-state index is 5.45. The van der Waals surface area contributed by atoms with Gasteiger partial charge < -0.3 is 18.0 Å². The minimum Gasteiger partial charge on any atom is -0.496 e. The predicted octanol–water partition coefficient (Wildman–Crippen LogP) is 2.62. The molecule has 0 saturated heterocycles. The SMILES string of the molecule is C#CO[Si](CCc1cc(C)cc(C)c1OC)(OC#C)OC#C. The van der Waals surface area contributed by atoms with E-state index in [1.807, 2.05) is 26.0 Å². The normalized spacial score (nSPS) is 9.82. The van der Waals surface area contributed by atoms with Crippen LogP contribution in [0.3, 0.4) is 0 Å². The van der Waals surface area contributed by atoms with Gasteiger partial charge in [-0.1, -0.05) is 37.0 Å². The van der Waals surface area contributed by atoms with Gasteiger partial charge in [-0.25, -0.2) is 0 Å². The first kappa shape index (κ1) is 17.4. The molecule has 0 heterocycles. The first-order chi connectivity index (χ1) is 10.5. The summed E-state index contributed by atoms with van der Waals surface area (Å²) in [6, 6.07) is 4.40. The van der Waals surface area contributed by atoms with Crippen LogP contribution in [0.15, 0.2) is 12.1 Å². The maximum Gasteiger partial charge on any atom is 0.725 e. The zero-order valence-corrected chi connectivity index (χ0v) is 13.9. The molecule has 0 saturated carbocycles. The van der Waals surface area contributed by atoms with Crippen molar-refractivity contribution in [3.8, 4) is 43.3 Å². The largest absolute Gasteiger partial charge is 0.725 e. The molecular formula is C17H18O4Si. The highest BCUT2D eigenvalue weighted by Gasteiger charge is 2.48. The zero-order valence-electron chi connectivity index (χ0n) is 12.9. The van der Waals surface area contributed by atoms with Crippen molar-refractivity contribution >= 4 is 8.80 Å². The summed E-state index contributed by atoms with van der Waals surface area (Å²) in [5.74, 6) is 0.802. The van der Waals surface area contributed by atoms with Crippen LogP contribution in [0.2, 0.25) is 6.04 Å². The number of hydrogen-bond donors (Lipinski definition) is 0. The van der Waals surface area contributed by atoms with E-state index in [2.05, 4.69) is 18.3 Å². The van der Waals surface area contributed by atoms with Crippen molar-refractivity contribution in [2.24, 2.45) is 0 Å². The van der Waals surface area contributed by atoms with Gasteiger partial charge in [-0.15, -0.1) is 0 Å². The summed E-state index contributed by atoms with van der Waals surface area (Å²) in [4.78, 5) is 0. The van der Waals surface area contributed by atoms with Crippen LogP contribution >= 0.6 is 0 Å². The summed E-state index contributed by atoms with van der Waals surface area (Å²) >= 11 is 0. The molecule has 0 radical (unpaired) electrons. The van der Waals surface area contributed by atoms with Gasteiger partial charge in [0.2, 0.25) is 0 Å². The highest BCUT2D eigenvalue weighted by Crippen LogP contribution is 2.28. The van der Waals surface area contributed by atoms with E-state index < -0.39 is 8.80 Å². The molecule has 22 heavy (non-hydrogen) atoms. The Balaban J connectivity index is 3.06. The van der Waals surface area contributed by atoms with Gasteiger partial charge in [0, 0.05) is 0 Å². The number of methoxy groups -OCH3 is 1. The molecule has 0 bridgehead atoms. The summed E-state index contributed by atoms with van der Waals surface area (Å²) in [5, 5.41) is 0. The van der Waals surface area contributed by atoms with Gasteiger partial charge in [-0.05, 0) is 31.4 Å². The molecule has 0 N–H and O–H groups in total. The highest BCUT2D eigenvalue weighted by atomic mass is 28.4. The fraction of sp³-hybridized carbons (Fsp3) is 0.294. The molecule has 4 nitrogen and oxygen atoms in total. The summed E-state index contributed by atoms with van der Waals surface area (Å²) in [6.07, 6.45) is 22.3. The minimum absolute atomic E-state index is 0.338. The molecule has 0 fully saturated rings. The van der Waals surface area contributed by atoms with Crippen molar-refractivity contribution < 1.29 is 18.0 Å². The summed E-state index contributed by atoms with van der Waals surface area (Å²) in [7, 11) is -1.69. The molecule has 0 amide bonds. The Labute approximate surface area is 133 Å². The number of ether oxygens (including phenoxy) is 1. The van der Waals surface area contributed by atoms with Gasteiger partial charge in [0.15, 0.2) is 0 Å². The second-order valence-corrected chi connectivity index (χ2v) is 7.10. The molecule has 0 unspecified atom stereocenters.